The summed E-state index contributed by atoms with van der Waals surface area (Å²) < 4.78 is 0. The summed E-state index contributed by atoms with van der Waals surface area (Å²) >= 11 is 2.01. The maximum atomic E-state index is 2.41. The fourth-order valence-corrected chi connectivity index (χ4v) is 8.47. The van der Waals surface area contributed by atoms with Gasteiger partial charge in [0.2, 0.25) is 0 Å². The monoisotopic (exact) mass is 538 g/mol. The Balaban J connectivity index is 1.46. The van der Waals surface area contributed by atoms with E-state index in [9.17, 15) is 0 Å². The molecule has 2 atom stereocenters. The van der Waals surface area contributed by atoms with Crippen LogP contribution in [0.15, 0.2) is 151 Å². The van der Waals surface area contributed by atoms with E-state index in [0.29, 0.717) is 11.2 Å². The van der Waals surface area contributed by atoms with Gasteiger partial charge in [-0.3, -0.25) is 0 Å². The van der Waals surface area contributed by atoms with E-state index in [2.05, 4.69) is 146 Å². The predicted octanol–water partition coefficient (Wildman–Crippen LogP) is 11.3. The normalized spacial score (nSPS) is 17.5. The molecule has 0 nitrogen and oxygen atoms in total. The predicted molar refractivity (Wildman–Crippen MR) is 178 cm³/mol. The molecular weight excluding hydrogens is 513 g/mol. The van der Waals surface area contributed by atoms with Gasteiger partial charge in [-0.15, -0.1) is 11.8 Å². The second kappa shape index (κ2) is 8.96. The highest BCUT2D eigenvalue weighted by atomic mass is 32.2. The minimum Gasteiger partial charge on any atom is -0.117 e. The van der Waals surface area contributed by atoms with Crippen molar-refractivity contribution in [1.29, 1.82) is 0 Å². The van der Waals surface area contributed by atoms with Gasteiger partial charge in [-0.05, 0) is 89.1 Å². The highest BCUT2D eigenvalue weighted by Gasteiger charge is 2.34. The fraction of sp³-hybridized carbons (Fsp3) is 0.0500. The van der Waals surface area contributed by atoms with Crippen molar-refractivity contribution in [2.24, 2.45) is 0 Å². The second-order valence-corrected chi connectivity index (χ2v) is 12.4. The van der Waals surface area contributed by atoms with Crippen molar-refractivity contribution in [2.45, 2.75) is 16.1 Å². The first-order valence-electron chi connectivity index (χ1n) is 14.3. The summed E-state index contributed by atoms with van der Waals surface area (Å²) in [6.07, 6.45) is 9.24. The molecule has 1 aliphatic carbocycles. The van der Waals surface area contributed by atoms with Gasteiger partial charge in [0.15, 0.2) is 0 Å². The topological polar surface area (TPSA) is 0 Å². The number of fused-ring (bicyclic) bond motifs is 8. The van der Waals surface area contributed by atoms with Gasteiger partial charge in [0.25, 0.3) is 0 Å². The number of thioether (sulfide) groups is 1. The van der Waals surface area contributed by atoms with Crippen molar-refractivity contribution < 1.29 is 0 Å². The lowest BCUT2D eigenvalue weighted by atomic mass is 9.80. The number of rotatable bonds is 2. The molecular formula is C40H26S. The summed E-state index contributed by atoms with van der Waals surface area (Å²) in [7, 11) is 0. The van der Waals surface area contributed by atoms with Gasteiger partial charge in [0, 0.05) is 16.1 Å². The molecule has 1 heterocycles. The quantitative estimate of drug-likeness (QED) is 0.197. The van der Waals surface area contributed by atoms with E-state index < -0.39 is 0 Å². The summed E-state index contributed by atoms with van der Waals surface area (Å²) in [6, 6.07) is 45.2. The Morgan fingerprint density at radius 1 is 0.463 bits per heavy atom. The minimum atomic E-state index is 0.369. The Kier molecular flexibility index (Phi) is 5.06. The number of hydrogen-bond acceptors (Lipinski definition) is 1. The molecule has 1 aliphatic heterocycles. The lowest BCUT2D eigenvalue weighted by Crippen LogP contribution is -2.07. The number of benzene rings is 7. The van der Waals surface area contributed by atoms with E-state index in [1.54, 1.807) is 0 Å². The van der Waals surface area contributed by atoms with Crippen LogP contribution in [0.1, 0.15) is 11.5 Å². The molecule has 0 spiro atoms. The van der Waals surface area contributed by atoms with E-state index >= 15 is 0 Å². The van der Waals surface area contributed by atoms with Gasteiger partial charge in [-0.2, -0.15) is 0 Å². The van der Waals surface area contributed by atoms with Gasteiger partial charge in [0.1, 0.15) is 0 Å². The highest BCUT2D eigenvalue weighted by Crippen LogP contribution is 2.55. The Labute approximate surface area is 243 Å². The first-order valence-corrected chi connectivity index (χ1v) is 15.2. The SMILES string of the molecule is C1=CC2Sc3ccc4c(-c5ccc6ccccc6c5)c5ccccc5c(-c5ccc6ccccc6c5)c4c3C2C=C1. The van der Waals surface area contributed by atoms with Crippen LogP contribution in [0, 0.1) is 0 Å². The third-order valence-corrected chi connectivity index (χ3v) is 10.3. The van der Waals surface area contributed by atoms with Crippen LogP contribution in [0.25, 0.3) is 65.3 Å². The summed E-state index contributed by atoms with van der Waals surface area (Å²) in [6.45, 7) is 0. The Bertz CT molecular complexity index is 2250. The van der Waals surface area contributed by atoms with Crippen molar-refractivity contribution in [1.82, 2.24) is 0 Å². The lowest BCUT2D eigenvalue weighted by Gasteiger charge is -2.23. The van der Waals surface area contributed by atoms with Crippen molar-refractivity contribution in [2.75, 3.05) is 0 Å². The zero-order valence-corrected chi connectivity index (χ0v) is 23.2. The van der Waals surface area contributed by atoms with Crippen LogP contribution >= 0.6 is 11.8 Å². The standard InChI is InChI=1S/C40H26S/c1-3-11-27-23-29(19-17-25(27)9-1)37-31-13-5-6-14-32(31)38(30-20-18-26-10-2-4-12-28(26)24-30)40-34(37)21-22-36-39(40)33-15-7-8-16-35(33)41-36/h1-24,33,35H. The molecule has 7 aromatic rings. The van der Waals surface area contributed by atoms with Crippen molar-refractivity contribution in [3.63, 3.8) is 0 Å². The Morgan fingerprint density at radius 2 is 1.05 bits per heavy atom. The van der Waals surface area contributed by atoms with Crippen LogP contribution in [0.4, 0.5) is 0 Å². The molecule has 7 aromatic carbocycles. The Hall–Kier alpha value is -4.59. The van der Waals surface area contributed by atoms with Gasteiger partial charge in [0.05, 0.1) is 0 Å². The van der Waals surface area contributed by atoms with Crippen molar-refractivity contribution in [3.8, 4) is 22.3 Å². The van der Waals surface area contributed by atoms with Crippen LogP contribution < -0.4 is 0 Å². The number of hydrogen-bond donors (Lipinski definition) is 0. The molecule has 0 radical (unpaired) electrons. The molecule has 1 heteroatoms. The van der Waals surface area contributed by atoms with E-state index in [-0.39, 0.29) is 0 Å². The Morgan fingerprint density at radius 3 is 1.76 bits per heavy atom. The zero-order chi connectivity index (χ0) is 26.9. The summed E-state index contributed by atoms with van der Waals surface area (Å²) in [5.41, 5.74) is 6.72. The third kappa shape index (κ3) is 3.49. The zero-order valence-electron chi connectivity index (χ0n) is 22.4. The average molecular weight is 539 g/mol. The molecule has 41 heavy (non-hydrogen) atoms. The average Bonchev–Trinajstić information content (AvgIpc) is 3.42. The first kappa shape index (κ1) is 23.1. The van der Waals surface area contributed by atoms with Crippen LogP contribution in [-0.2, 0) is 0 Å². The van der Waals surface area contributed by atoms with Crippen LogP contribution in [0.5, 0.6) is 0 Å². The molecule has 9 rings (SSSR count). The third-order valence-electron chi connectivity index (χ3n) is 8.95. The first-order chi connectivity index (χ1) is 20.3. The maximum absolute atomic E-state index is 2.41. The van der Waals surface area contributed by atoms with Gasteiger partial charge < -0.3 is 0 Å². The number of allylic oxidation sites excluding steroid dienone is 3. The van der Waals surface area contributed by atoms with Crippen molar-refractivity contribution in [3.05, 3.63) is 151 Å². The van der Waals surface area contributed by atoms with Crippen LogP contribution in [0.2, 0.25) is 0 Å². The molecule has 2 unspecified atom stereocenters. The molecule has 0 saturated carbocycles. The van der Waals surface area contributed by atoms with E-state index in [4.69, 9.17) is 0 Å². The van der Waals surface area contributed by atoms with Gasteiger partial charge >= 0.3 is 0 Å². The maximum Gasteiger partial charge on any atom is 0.0381 e. The van der Waals surface area contributed by atoms with Crippen LogP contribution in [-0.4, -0.2) is 5.25 Å². The smallest absolute Gasteiger partial charge is 0.0381 e. The molecule has 0 aromatic heterocycles. The van der Waals surface area contributed by atoms with Crippen LogP contribution in [0.3, 0.4) is 0 Å². The summed E-state index contributed by atoms with van der Waals surface area (Å²) in [4.78, 5) is 1.41. The van der Waals surface area contributed by atoms with Crippen molar-refractivity contribution >= 4 is 54.9 Å². The van der Waals surface area contributed by atoms with E-state index in [1.807, 2.05) is 11.8 Å². The molecule has 0 fully saturated rings. The molecule has 0 N–H and O–H groups in total. The molecule has 192 valence electrons. The largest absolute Gasteiger partial charge is 0.117 e. The fourth-order valence-electron chi connectivity index (χ4n) is 7.12. The highest BCUT2D eigenvalue weighted by molar-refractivity contribution is 8.00. The molecule has 0 amide bonds. The summed E-state index contributed by atoms with van der Waals surface area (Å²) in [5.74, 6) is 0.369. The summed E-state index contributed by atoms with van der Waals surface area (Å²) in [5, 5.41) is 10.9. The molecule has 0 bridgehead atoms. The van der Waals surface area contributed by atoms with E-state index in [0.717, 1.165) is 0 Å². The van der Waals surface area contributed by atoms with Gasteiger partial charge in [-0.1, -0.05) is 127 Å². The minimum absolute atomic E-state index is 0.369. The molecule has 2 aliphatic rings. The second-order valence-electron chi connectivity index (χ2n) is 11.2. The van der Waals surface area contributed by atoms with Gasteiger partial charge in [-0.25, -0.2) is 0 Å². The molecule has 0 saturated heterocycles. The van der Waals surface area contributed by atoms with E-state index in [1.165, 1.54) is 75.8 Å². The lowest BCUT2D eigenvalue weighted by molar-refractivity contribution is 0.891.